The van der Waals surface area contributed by atoms with Crippen molar-refractivity contribution in [2.75, 3.05) is 6.54 Å². The largest absolute Gasteiger partial charge is 0.348 e. The van der Waals surface area contributed by atoms with Gasteiger partial charge in [0, 0.05) is 18.7 Å². The zero-order chi connectivity index (χ0) is 11.0. The minimum atomic E-state index is 0.193. The molecule has 2 heterocycles. The third-order valence-electron chi connectivity index (χ3n) is 4.37. The molecule has 0 radical (unpaired) electrons. The second-order valence-corrected chi connectivity index (χ2v) is 5.52. The molecule has 16 heavy (non-hydrogen) atoms. The van der Waals surface area contributed by atoms with Gasteiger partial charge in [-0.15, -0.1) is 0 Å². The molecule has 2 unspecified atom stereocenters. The summed E-state index contributed by atoms with van der Waals surface area (Å²) < 4.78 is 0. The van der Waals surface area contributed by atoms with Crippen LogP contribution in [-0.4, -0.2) is 16.5 Å². The van der Waals surface area contributed by atoms with Crippen molar-refractivity contribution in [1.82, 2.24) is 15.3 Å². The lowest BCUT2D eigenvalue weighted by atomic mass is 9.82. The third kappa shape index (κ3) is 1.58. The molecule has 0 amide bonds. The summed E-state index contributed by atoms with van der Waals surface area (Å²) in [6.45, 7) is 3.48. The molecule has 2 aliphatic rings. The van der Waals surface area contributed by atoms with Gasteiger partial charge >= 0.3 is 0 Å². The summed E-state index contributed by atoms with van der Waals surface area (Å²) in [4.78, 5) is 7.89. The van der Waals surface area contributed by atoms with E-state index in [2.05, 4.69) is 22.2 Å². The number of nitrogens with one attached hydrogen (secondary N) is 2. The smallest absolute Gasteiger partial charge is 0.0926 e. The van der Waals surface area contributed by atoms with Gasteiger partial charge in [-0.25, -0.2) is 4.98 Å². The number of aromatic amines is 1. The summed E-state index contributed by atoms with van der Waals surface area (Å²) in [6, 6.07) is 0. The Hall–Kier alpha value is -0.830. The van der Waals surface area contributed by atoms with Crippen LogP contribution in [0.5, 0.6) is 0 Å². The first-order chi connectivity index (χ1) is 7.80. The van der Waals surface area contributed by atoms with Crippen LogP contribution in [0.1, 0.15) is 50.4 Å². The molecule has 3 rings (SSSR count). The van der Waals surface area contributed by atoms with E-state index >= 15 is 0 Å². The molecule has 1 aromatic rings. The van der Waals surface area contributed by atoms with Crippen molar-refractivity contribution in [2.24, 2.45) is 5.92 Å². The molecule has 1 aliphatic heterocycles. The van der Waals surface area contributed by atoms with Crippen LogP contribution in [0.4, 0.5) is 0 Å². The predicted molar refractivity (Wildman–Crippen MR) is 64.2 cm³/mol. The van der Waals surface area contributed by atoms with E-state index in [1.165, 1.54) is 43.5 Å². The fraction of sp³-hybridized carbons (Fsp3) is 0.769. The fourth-order valence-electron chi connectivity index (χ4n) is 3.36. The van der Waals surface area contributed by atoms with E-state index in [1.807, 2.05) is 6.33 Å². The number of H-pyrrole nitrogens is 1. The molecule has 0 aromatic carbocycles. The Morgan fingerprint density at radius 2 is 2.31 bits per heavy atom. The highest BCUT2D eigenvalue weighted by Crippen LogP contribution is 2.39. The fourth-order valence-corrected chi connectivity index (χ4v) is 3.36. The Labute approximate surface area is 97.0 Å². The van der Waals surface area contributed by atoms with Gasteiger partial charge in [0.25, 0.3) is 0 Å². The molecular weight excluding hydrogens is 198 g/mol. The second kappa shape index (κ2) is 3.88. The van der Waals surface area contributed by atoms with Gasteiger partial charge in [0.05, 0.1) is 17.6 Å². The Bertz CT molecular complexity index is 371. The number of imidazole rings is 1. The highest BCUT2D eigenvalue weighted by Gasteiger charge is 2.39. The lowest BCUT2D eigenvalue weighted by molar-refractivity contribution is 0.265. The lowest BCUT2D eigenvalue weighted by Crippen LogP contribution is -2.47. The van der Waals surface area contributed by atoms with Crippen LogP contribution in [0, 0.1) is 5.92 Å². The van der Waals surface area contributed by atoms with Gasteiger partial charge in [-0.3, -0.25) is 0 Å². The summed E-state index contributed by atoms with van der Waals surface area (Å²) in [5, 5.41) is 3.75. The van der Waals surface area contributed by atoms with Gasteiger partial charge in [-0.1, -0.05) is 19.8 Å². The maximum atomic E-state index is 4.58. The Morgan fingerprint density at radius 3 is 3.25 bits per heavy atom. The molecule has 1 spiro atoms. The second-order valence-electron chi connectivity index (χ2n) is 5.52. The number of hydrogen-bond donors (Lipinski definition) is 2. The topological polar surface area (TPSA) is 40.7 Å². The molecule has 2 atom stereocenters. The van der Waals surface area contributed by atoms with Crippen LogP contribution in [-0.2, 0) is 12.0 Å². The minimum absolute atomic E-state index is 0.193. The highest BCUT2D eigenvalue weighted by atomic mass is 15.1. The van der Waals surface area contributed by atoms with E-state index < -0.39 is 0 Å². The van der Waals surface area contributed by atoms with Crippen molar-refractivity contribution in [3.63, 3.8) is 0 Å². The molecule has 88 valence electrons. The molecule has 1 saturated carbocycles. The average molecular weight is 219 g/mol. The molecule has 1 fully saturated rings. The maximum Gasteiger partial charge on any atom is 0.0926 e. The van der Waals surface area contributed by atoms with Crippen LogP contribution >= 0.6 is 0 Å². The SMILES string of the molecule is CC1CCCC2(CC1)NCCc1[nH]cnc12. The first-order valence-corrected chi connectivity index (χ1v) is 6.58. The highest BCUT2D eigenvalue weighted by molar-refractivity contribution is 5.25. The predicted octanol–water partition coefficient (Wildman–Crippen LogP) is 2.35. The molecule has 3 nitrogen and oxygen atoms in total. The number of aromatic nitrogens is 2. The molecule has 0 saturated heterocycles. The molecule has 2 N–H and O–H groups in total. The molecule has 1 aliphatic carbocycles. The lowest BCUT2D eigenvalue weighted by Gasteiger charge is -2.37. The molecule has 3 heteroatoms. The minimum Gasteiger partial charge on any atom is -0.348 e. The third-order valence-corrected chi connectivity index (χ3v) is 4.37. The molecular formula is C13H21N3. The van der Waals surface area contributed by atoms with Crippen LogP contribution in [0.15, 0.2) is 6.33 Å². The van der Waals surface area contributed by atoms with E-state index in [4.69, 9.17) is 0 Å². The Balaban J connectivity index is 1.94. The van der Waals surface area contributed by atoms with Crippen molar-refractivity contribution < 1.29 is 0 Å². The normalized spacial score (nSPS) is 34.7. The summed E-state index contributed by atoms with van der Waals surface area (Å²) in [5.74, 6) is 0.880. The van der Waals surface area contributed by atoms with Crippen molar-refractivity contribution in [2.45, 2.75) is 51.0 Å². The summed E-state index contributed by atoms with van der Waals surface area (Å²) >= 11 is 0. The van der Waals surface area contributed by atoms with Crippen molar-refractivity contribution >= 4 is 0 Å². The van der Waals surface area contributed by atoms with Gasteiger partial charge in [0.15, 0.2) is 0 Å². The van der Waals surface area contributed by atoms with Crippen LogP contribution in [0.25, 0.3) is 0 Å². The van der Waals surface area contributed by atoms with Gasteiger partial charge in [-0.2, -0.15) is 0 Å². The first kappa shape index (κ1) is 10.3. The van der Waals surface area contributed by atoms with E-state index in [0.29, 0.717) is 0 Å². The Morgan fingerprint density at radius 1 is 1.38 bits per heavy atom. The molecule has 1 aromatic heterocycles. The summed E-state index contributed by atoms with van der Waals surface area (Å²) in [7, 11) is 0. The molecule has 0 bridgehead atoms. The number of nitrogens with zero attached hydrogens (tertiary/aromatic N) is 1. The van der Waals surface area contributed by atoms with E-state index in [1.54, 1.807) is 0 Å². The van der Waals surface area contributed by atoms with E-state index in [-0.39, 0.29) is 5.54 Å². The van der Waals surface area contributed by atoms with Crippen molar-refractivity contribution in [1.29, 1.82) is 0 Å². The zero-order valence-corrected chi connectivity index (χ0v) is 10.1. The van der Waals surface area contributed by atoms with E-state index in [9.17, 15) is 0 Å². The number of fused-ring (bicyclic) bond motifs is 2. The quantitative estimate of drug-likeness (QED) is 0.703. The van der Waals surface area contributed by atoms with Gasteiger partial charge in [0.2, 0.25) is 0 Å². The summed E-state index contributed by atoms with van der Waals surface area (Å²) in [5.41, 5.74) is 2.87. The van der Waals surface area contributed by atoms with Gasteiger partial charge in [-0.05, 0) is 25.2 Å². The van der Waals surface area contributed by atoms with Crippen molar-refractivity contribution in [3.05, 3.63) is 17.7 Å². The Kier molecular flexibility index (Phi) is 2.51. The van der Waals surface area contributed by atoms with Crippen LogP contribution in [0.2, 0.25) is 0 Å². The average Bonchev–Trinajstić information content (AvgIpc) is 2.69. The number of hydrogen-bond acceptors (Lipinski definition) is 2. The monoisotopic (exact) mass is 219 g/mol. The van der Waals surface area contributed by atoms with E-state index in [0.717, 1.165) is 18.9 Å². The maximum absolute atomic E-state index is 4.58. The zero-order valence-electron chi connectivity index (χ0n) is 10.1. The standard InChI is InChI=1S/C13H21N3/c1-10-3-2-6-13(7-4-10)12-11(5-8-16-13)14-9-15-12/h9-10,16H,2-8H2,1H3,(H,14,15). The first-order valence-electron chi connectivity index (χ1n) is 6.58. The van der Waals surface area contributed by atoms with Gasteiger partial charge in [0.1, 0.15) is 0 Å². The van der Waals surface area contributed by atoms with Crippen LogP contribution < -0.4 is 5.32 Å². The number of rotatable bonds is 0. The van der Waals surface area contributed by atoms with Crippen LogP contribution in [0.3, 0.4) is 0 Å². The van der Waals surface area contributed by atoms with Crippen molar-refractivity contribution in [3.8, 4) is 0 Å². The van der Waals surface area contributed by atoms with Gasteiger partial charge < -0.3 is 10.3 Å². The summed E-state index contributed by atoms with van der Waals surface area (Å²) in [6.07, 6.45) is 9.53.